The molecule has 5 heteroatoms. The van der Waals surface area contributed by atoms with E-state index in [-0.39, 0.29) is 6.42 Å². The molecule has 0 radical (unpaired) electrons. The van der Waals surface area contributed by atoms with Crippen LogP contribution in [0.2, 0.25) is 10.0 Å². The minimum absolute atomic E-state index is 0.131. The van der Waals surface area contributed by atoms with Crippen LogP contribution in [-0.2, 0) is 10.4 Å². The van der Waals surface area contributed by atoms with Crippen LogP contribution >= 0.6 is 23.2 Å². The van der Waals surface area contributed by atoms with Gasteiger partial charge in [-0.1, -0.05) is 35.3 Å². The van der Waals surface area contributed by atoms with Crippen molar-refractivity contribution in [3.8, 4) is 12.3 Å². The van der Waals surface area contributed by atoms with Crippen LogP contribution in [0.15, 0.2) is 42.7 Å². The molecule has 3 nitrogen and oxygen atoms in total. The smallest absolute Gasteiger partial charge is 0.166 e. The molecule has 0 aliphatic carbocycles. The molecular formula is C18H15Cl2NO2. The molecule has 2 aromatic rings. The molecule has 2 unspecified atom stereocenters. The number of ketones is 1. The lowest BCUT2D eigenvalue weighted by Gasteiger charge is -2.34. The lowest BCUT2D eigenvalue weighted by atomic mass is 9.74. The number of halogens is 2. The van der Waals surface area contributed by atoms with E-state index in [4.69, 9.17) is 29.6 Å². The Balaban J connectivity index is 2.66. The van der Waals surface area contributed by atoms with Gasteiger partial charge in [0.25, 0.3) is 0 Å². The molecule has 0 aliphatic heterocycles. The van der Waals surface area contributed by atoms with E-state index in [1.807, 2.05) is 0 Å². The van der Waals surface area contributed by atoms with Crippen LogP contribution in [0, 0.1) is 12.3 Å². The van der Waals surface area contributed by atoms with Gasteiger partial charge in [-0.05, 0) is 30.7 Å². The van der Waals surface area contributed by atoms with Crippen LogP contribution in [0.1, 0.15) is 30.4 Å². The Morgan fingerprint density at radius 1 is 1.43 bits per heavy atom. The number of terminal acetylenes is 1. The molecule has 0 amide bonds. The third-order valence-corrected chi connectivity index (χ3v) is 4.36. The van der Waals surface area contributed by atoms with Gasteiger partial charge in [0.15, 0.2) is 11.4 Å². The highest BCUT2D eigenvalue weighted by Gasteiger charge is 2.44. The molecular weight excluding hydrogens is 333 g/mol. The Hall–Kier alpha value is -1.86. The summed E-state index contributed by atoms with van der Waals surface area (Å²) in [5.74, 6) is 1.37. The van der Waals surface area contributed by atoms with E-state index in [1.54, 1.807) is 36.5 Å². The molecule has 0 bridgehead atoms. The monoisotopic (exact) mass is 347 g/mol. The maximum absolute atomic E-state index is 12.3. The lowest BCUT2D eigenvalue weighted by Crippen LogP contribution is -2.40. The standard InChI is InChI=1S/C18H15Cl2NO2/c1-3-5-16(15-8-7-14(19)10-17(15)20)18(23,12(2)22)13-6-4-9-21-11-13/h1,4,6-11,16,23H,5H2,2H3. The molecule has 0 saturated heterocycles. The van der Waals surface area contributed by atoms with Gasteiger partial charge in [-0.2, -0.15) is 0 Å². The Bertz CT molecular complexity index is 755. The normalized spacial score (nSPS) is 14.6. The summed E-state index contributed by atoms with van der Waals surface area (Å²) in [5, 5.41) is 12.0. The Morgan fingerprint density at radius 3 is 2.70 bits per heavy atom. The molecule has 0 aliphatic rings. The average Bonchev–Trinajstić information content (AvgIpc) is 2.53. The highest BCUT2D eigenvalue weighted by Crippen LogP contribution is 2.42. The quantitative estimate of drug-likeness (QED) is 0.832. The Labute approximate surface area is 145 Å². The first-order chi connectivity index (χ1) is 10.9. The number of nitrogens with zero attached hydrogens (tertiary/aromatic N) is 1. The summed E-state index contributed by atoms with van der Waals surface area (Å²) in [6.07, 6.45) is 8.61. The number of benzene rings is 1. The van der Waals surface area contributed by atoms with Gasteiger partial charge in [-0.3, -0.25) is 9.78 Å². The zero-order valence-electron chi connectivity index (χ0n) is 12.5. The number of aliphatic hydroxyl groups is 1. The maximum atomic E-state index is 12.3. The molecule has 2 rings (SSSR count). The van der Waals surface area contributed by atoms with Gasteiger partial charge < -0.3 is 5.11 Å². The van der Waals surface area contributed by atoms with Gasteiger partial charge in [0, 0.05) is 40.3 Å². The zero-order chi connectivity index (χ0) is 17.0. The predicted molar refractivity (Wildman–Crippen MR) is 91.5 cm³/mol. The van der Waals surface area contributed by atoms with Crippen molar-refractivity contribution < 1.29 is 9.90 Å². The fraction of sp³-hybridized carbons (Fsp3) is 0.222. The summed E-state index contributed by atoms with van der Waals surface area (Å²) in [5.41, 5.74) is -0.882. The number of pyridine rings is 1. The van der Waals surface area contributed by atoms with Gasteiger partial charge in [0.1, 0.15) is 0 Å². The van der Waals surface area contributed by atoms with E-state index < -0.39 is 17.3 Å². The fourth-order valence-electron chi connectivity index (χ4n) is 2.62. The number of aromatic nitrogens is 1. The van der Waals surface area contributed by atoms with Gasteiger partial charge in [0.05, 0.1) is 0 Å². The minimum atomic E-state index is -1.82. The lowest BCUT2D eigenvalue weighted by molar-refractivity contribution is -0.138. The van der Waals surface area contributed by atoms with Crippen molar-refractivity contribution >= 4 is 29.0 Å². The first-order valence-electron chi connectivity index (χ1n) is 6.93. The Kier molecular flexibility index (Phi) is 5.43. The molecule has 1 aromatic heterocycles. The van der Waals surface area contributed by atoms with Crippen LogP contribution in [-0.4, -0.2) is 15.9 Å². The van der Waals surface area contributed by atoms with Crippen LogP contribution in [0.5, 0.6) is 0 Å². The molecule has 1 aromatic carbocycles. The molecule has 0 fully saturated rings. The summed E-state index contributed by atoms with van der Waals surface area (Å²) in [4.78, 5) is 16.3. The predicted octanol–water partition coefficient (Wildman–Crippen LogP) is 3.97. The van der Waals surface area contributed by atoms with Gasteiger partial charge >= 0.3 is 0 Å². The van der Waals surface area contributed by atoms with Crippen molar-refractivity contribution in [3.05, 3.63) is 63.9 Å². The average molecular weight is 348 g/mol. The molecule has 0 spiro atoms. The number of hydrogen-bond donors (Lipinski definition) is 1. The summed E-state index contributed by atoms with van der Waals surface area (Å²) in [6.45, 7) is 1.32. The maximum Gasteiger partial charge on any atom is 0.166 e. The number of hydrogen-bond acceptors (Lipinski definition) is 3. The van der Waals surface area contributed by atoms with Crippen molar-refractivity contribution in [2.75, 3.05) is 0 Å². The van der Waals surface area contributed by atoms with Gasteiger partial charge in [0.2, 0.25) is 0 Å². The van der Waals surface area contributed by atoms with Crippen LogP contribution in [0.3, 0.4) is 0 Å². The zero-order valence-corrected chi connectivity index (χ0v) is 14.0. The van der Waals surface area contributed by atoms with Crippen molar-refractivity contribution in [1.82, 2.24) is 4.98 Å². The second-order valence-electron chi connectivity index (χ2n) is 5.19. The van der Waals surface area contributed by atoms with E-state index in [2.05, 4.69) is 10.9 Å². The summed E-state index contributed by atoms with van der Waals surface area (Å²) >= 11 is 12.2. The SMILES string of the molecule is C#CCC(c1ccc(Cl)cc1Cl)C(O)(C(C)=O)c1cccnc1. The minimum Gasteiger partial charge on any atom is -0.377 e. The Morgan fingerprint density at radius 2 is 2.17 bits per heavy atom. The van der Waals surface area contributed by atoms with E-state index >= 15 is 0 Å². The van der Waals surface area contributed by atoms with Crippen LogP contribution in [0.25, 0.3) is 0 Å². The molecule has 118 valence electrons. The van der Waals surface area contributed by atoms with Crippen LogP contribution in [0.4, 0.5) is 0 Å². The molecule has 0 saturated carbocycles. The van der Waals surface area contributed by atoms with Crippen molar-refractivity contribution in [1.29, 1.82) is 0 Å². The van der Waals surface area contributed by atoms with Crippen LogP contribution < -0.4 is 0 Å². The van der Waals surface area contributed by atoms with E-state index in [0.29, 0.717) is 21.2 Å². The highest BCUT2D eigenvalue weighted by molar-refractivity contribution is 6.35. The first kappa shape index (κ1) is 17.5. The van der Waals surface area contributed by atoms with E-state index in [1.165, 1.54) is 13.1 Å². The molecule has 1 heterocycles. The van der Waals surface area contributed by atoms with E-state index in [9.17, 15) is 9.90 Å². The summed E-state index contributed by atoms with van der Waals surface area (Å²) < 4.78 is 0. The third-order valence-electron chi connectivity index (χ3n) is 3.80. The number of Topliss-reactive ketones (excluding diaryl/α,β-unsaturated/α-hetero) is 1. The van der Waals surface area contributed by atoms with E-state index in [0.717, 1.165) is 0 Å². The molecule has 1 N–H and O–H groups in total. The van der Waals surface area contributed by atoms with Gasteiger partial charge in [-0.15, -0.1) is 12.3 Å². The van der Waals surface area contributed by atoms with Crippen molar-refractivity contribution in [2.45, 2.75) is 24.9 Å². The topological polar surface area (TPSA) is 50.2 Å². The first-order valence-corrected chi connectivity index (χ1v) is 7.69. The number of rotatable bonds is 5. The summed E-state index contributed by atoms with van der Waals surface area (Å²) in [6, 6.07) is 8.18. The van der Waals surface area contributed by atoms with Crippen molar-refractivity contribution in [2.24, 2.45) is 0 Å². The second-order valence-corrected chi connectivity index (χ2v) is 6.03. The fourth-order valence-corrected chi connectivity index (χ4v) is 3.16. The van der Waals surface area contributed by atoms with Gasteiger partial charge in [-0.25, -0.2) is 0 Å². The number of carbonyl (C=O) groups excluding carboxylic acids is 1. The molecule has 2 atom stereocenters. The molecule has 23 heavy (non-hydrogen) atoms. The third kappa shape index (κ3) is 3.40. The van der Waals surface area contributed by atoms with Crippen molar-refractivity contribution in [3.63, 3.8) is 0 Å². The number of carbonyl (C=O) groups is 1. The second kappa shape index (κ2) is 7.14. The summed E-state index contributed by atoms with van der Waals surface area (Å²) in [7, 11) is 0. The largest absolute Gasteiger partial charge is 0.377 e. The highest BCUT2D eigenvalue weighted by atomic mass is 35.5.